The number of aromatic nitrogens is 2. The van der Waals surface area contributed by atoms with Crippen LogP contribution < -0.4 is 15.4 Å². The molecule has 1 aliphatic heterocycles. The summed E-state index contributed by atoms with van der Waals surface area (Å²) in [5.41, 5.74) is 2.32. The number of thiophene rings is 1. The molecule has 0 aliphatic carbocycles. The molecule has 7 heteroatoms. The first-order valence-electron chi connectivity index (χ1n) is 8.52. The van der Waals surface area contributed by atoms with Gasteiger partial charge in [0, 0.05) is 17.0 Å². The first-order valence-corrected chi connectivity index (χ1v) is 9.40. The molecule has 2 N–H and O–H groups in total. The van der Waals surface area contributed by atoms with Crippen LogP contribution in [0.2, 0.25) is 0 Å². The van der Waals surface area contributed by atoms with Crippen LogP contribution in [0.25, 0.3) is 11.3 Å². The standard InChI is InChI=1S/C19H20N4O2S/c1-25-14-6-4-13(5-7-14)16-11-17-19(24)21-12-18(23(17)22-16)20-9-8-15-3-2-10-26-15/h2-7,10-11,18,20H,8-9,12H2,1H3,(H,21,24)/t18-/m0/s1. The Hall–Kier alpha value is -2.64. The molecule has 0 saturated carbocycles. The smallest absolute Gasteiger partial charge is 0.269 e. The van der Waals surface area contributed by atoms with E-state index in [9.17, 15) is 4.79 Å². The first kappa shape index (κ1) is 16.8. The molecular formula is C19H20N4O2S. The van der Waals surface area contributed by atoms with Crippen LogP contribution in [0, 0.1) is 0 Å². The average Bonchev–Trinajstić information content (AvgIpc) is 3.34. The topological polar surface area (TPSA) is 68.2 Å². The number of carbonyl (C=O) groups excluding carboxylic acids is 1. The van der Waals surface area contributed by atoms with Crippen molar-refractivity contribution in [1.29, 1.82) is 0 Å². The van der Waals surface area contributed by atoms with E-state index in [0.717, 1.165) is 30.0 Å². The van der Waals surface area contributed by atoms with Crippen molar-refractivity contribution >= 4 is 17.2 Å². The highest BCUT2D eigenvalue weighted by molar-refractivity contribution is 7.09. The quantitative estimate of drug-likeness (QED) is 0.702. The van der Waals surface area contributed by atoms with Gasteiger partial charge in [-0.1, -0.05) is 6.07 Å². The minimum Gasteiger partial charge on any atom is -0.497 e. The predicted octanol–water partition coefficient (Wildman–Crippen LogP) is 2.69. The van der Waals surface area contributed by atoms with Gasteiger partial charge in [0.05, 0.1) is 19.3 Å². The Labute approximate surface area is 155 Å². The van der Waals surface area contributed by atoms with Crippen LogP contribution in [0.3, 0.4) is 0 Å². The number of fused-ring (bicyclic) bond motifs is 1. The summed E-state index contributed by atoms with van der Waals surface area (Å²) in [4.78, 5) is 13.6. The van der Waals surface area contributed by atoms with Gasteiger partial charge in [-0.3, -0.25) is 10.1 Å². The lowest BCUT2D eigenvalue weighted by molar-refractivity contribution is 0.0901. The fourth-order valence-corrected chi connectivity index (χ4v) is 3.76. The molecule has 4 rings (SSSR count). The predicted molar refractivity (Wildman–Crippen MR) is 102 cm³/mol. The summed E-state index contributed by atoms with van der Waals surface area (Å²) < 4.78 is 6.99. The third-order valence-corrected chi connectivity index (χ3v) is 5.37. The van der Waals surface area contributed by atoms with Crippen molar-refractivity contribution in [3.8, 4) is 17.0 Å². The Morgan fingerprint density at radius 1 is 1.35 bits per heavy atom. The highest BCUT2D eigenvalue weighted by atomic mass is 32.1. The maximum atomic E-state index is 12.2. The van der Waals surface area contributed by atoms with Crippen LogP contribution >= 0.6 is 11.3 Å². The van der Waals surface area contributed by atoms with E-state index >= 15 is 0 Å². The number of benzene rings is 1. The molecule has 0 bridgehead atoms. The van der Waals surface area contributed by atoms with E-state index in [-0.39, 0.29) is 12.1 Å². The molecule has 1 aromatic carbocycles. The molecule has 3 aromatic rings. The number of nitrogens with one attached hydrogen (secondary N) is 2. The van der Waals surface area contributed by atoms with Crippen molar-refractivity contribution in [3.63, 3.8) is 0 Å². The van der Waals surface area contributed by atoms with Crippen LogP contribution in [0.15, 0.2) is 47.8 Å². The summed E-state index contributed by atoms with van der Waals surface area (Å²) in [5, 5.41) is 13.2. The maximum Gasteiger partial charge on any atom is 0.269 e. The van der Waals surface area contributed by atoms with Gasteiger partial charge in [-0.25, -0.2) is 4.68 Å². The van der Waals surface area contributed by atoms with Crippen molar-refractivity contribution in [3.05, 3.63) is 58.4 Å². The number of ether oxygens (including phenoxy) is 1. The monoisotopic (exact) mass is 368 g/mol. The van der Waals surface area contributed by atoms with Crippen LogP contribution in [0.1, 0.15) is 21.5 Å². The summed E-state index contributed by atoms with van der Waals surface area (Å²) in [6, 6.07) is 13.7. The zero-order chi connectivity index (χ0) is 17.9. The van der Waals surface area contributed by atoms with E-state index in [0.29, 0.717) is 12.2 Å². The molecule has 3 heterocycles. The molecule has 0 radical (unpaired) electrons. The van der Waals surface area contributed by atoms with Gasteiger partial charge in [0.2, 0.25) is 0 Å². The van der Waals surface area contributed by atoms with Crippen LogP contribution in [0.4, 0.5) is 0 Å². The minimum absolute atomic E-state index is 0.0466. The maximum absolute atomic E-state index is 12.2. The molecule has 1 amide bonds. The van der Waals surface area contributed by atoms with E-state index in [1.165, 1.54) is 4.88 Å². The number of methoxy groups -OCH3 is 1. The molecular weight excluding hydrogens is 348 g/mol. The Balaban J connectivity index is 1.52. The largest absolute Gasteiger partial charge is 0.497 e. The fraction of sp³-hybridized carbons (Fsp3) is 0.263. The lowest BCUT2D eigenvalue weighted by Crippen LogP contribution is -2.45. The third kappa shape index (κ3) is 3.36. The van der Waals surface area contributed by atoms with Crippen LogP contribution in [0.5, 0.6) is 5.75 Å². The third-order valence-electron chi connectivity index (χ3n) is 4.44. The molecule has 1 atom stereocenters. The average molecular weight is 368 g/mol. The molecule has 0 fully saturated rings. The lowest BCUT2D eigenvalue weighted by atomic mass is 10.1. The highest BCUT2D eigenvalue weighted by Crippen LogP contribution is 2.24. The second-order valence-electron chi connectivity index (χ2n) is 6.10. The Bertz CT molecular complexity index is 887. The molecule has 0 spiro atoms. The molecule has 6 nitrogen and oxygen atoms in total. The van der Waals surface area contributed by atoms with Crippen molar-refractivity contribution in [2.45, 2.75) is 12.6 Å². The van der Waals surface area contributed by atoms with Gasteiger partial charge in [0.15, 0.2) is 0 Å². The van der Waals surface area contributed by atoms with E-state index in [1.807, 2.05) is 30.3 Å². The van der Waals surface area contributed by atoms with Crippen molar-refractivity contribution in [1.82, 2.24) is 20.4 Å². The zero-order valence-electron chi connectivity index (χ0n) is 14.4. The number of hydrogen-bond acceptors (Lipinski definition) is 5. The SMILES string of the molecule is COc1ccc(-c2cc3n(n2)[C@H](NCCc2cccs2)CNC3=O)cc1. The van der Waals surface area contributed by atoms with Crippen molar-refractivity contribution in [2.75, 3.05) is 20.2 Å². The van der Waals surface area contributed by atoms with E-state index in [4.69, 9.17) is 4.74 Å². The zero-order valence-corrected chi connectivity index (χ0v) is 15.3. The number of rotatable bonds is 6. The summed E-state index contributed by atoms with van der Waals surface area (Å²) >= 11 is 1.76. The van der Waals surface area contributed by atoms with Gasteiger partial charge in [0.25, 0.3) is 5.91 Å². The number of carbonyl (C=O) groups is 1. The Morgan fingerprint density at radius 3 is 2.92 bits per heavy atom. The Morgan fingerprint density at radius 2 is 2.19 bits per heavy atom. The van der Waals surface area contributed by atoms with Gasteiger partial charge >= 0.3 is 0 Å². The van der Waals surface area contributed by atoms with E-state index in [1.54, 1.807) is 23.1 Å². The molecule has 26 heavy (non-hydrogen) atoms. The molecule has 0 unspecified atom stereocenters. The highest BCUT2D eigenvalue weighted by Gasteiger charge is 2.27. The lowest BCUT2D eigenvalue weighted by Gasteiger charge is -2.25. The van der Waals surface area contributed by atoms with Gasteiger partial charge in [-0.15, -0.1) is 11.3 Å². The van der Waals surface area contributed by atoms with Gasteiger partial charge in [-0.2, -0.15) is 5.10 Å². The Kier molecular flexibility index (Phi) is 4.73. The number of amides is 1. The van der Waals surface area contributed by atoms with Crippen LogP contribution in [-0.2, 0) is 6.42 Å². The van der Waals surface area contributed by atoms with Crippen molar-refractivity contribution < 1.29 is 9.53 Å². The number of hydrogen-bond donors (Lipinski definition) is 2. The van der Waals surface area contributed by atoms with Gasteiger partial charge in [-0.05, 0) is 48.2 Å². The van der Waals surface area contributed by atoms with E-state index < -0.39 is 0 Å². The first-order chi connectivity index (χ1) is 12.7. The molecule has 1 aliphatic rings. The second-order valence-corrected chi connectivity index (χ2v) is 7.13. The normalized spacial score (nSPS) is 16.2. The van der Waals surface area contributed by atoms with Crippen LogP contribution in [-0.4, -0.2) is 35.9 Å². The summed E-state index contributed by atoms with van der Waals surface area (Å²) in [6.45, 7) is 1.36. The molecule has 2 aromatic heterocycles. The minimum atomic E-state index is -0.0893. The fourth-order valence-electron chi connectivity index (χ4n) is 3.05. The van der Waals surface area contributed by atoms with E-state index in [2.05, 4.69) is 33.2 Å². The number of nitrogens with zero attached hydrogens (tertiary/aromatic N) is 2. The molecule has 0 saturated heterocycles. The second kappa shape index (κ2) is 7.31. The summed E-state index contributed by atoms with van der Waals surface area (Å²) in [5.74, 6) is 0.706. The summed E-state index contributed by atoms with van der Waals surface area (Å²) in [6.07, 6.45) is 0.916. The summed E-state index contributed by atoms with van der Waals surface area (Å²) in [7, 11) is 1.64. The molecule has 134 valence electrons. The van der Waals surface area contributed by atoms with Gasteiger partial charge in [0.1, 0.15) is 17.6 Å². The van der Waals surface area contributed by atoms with Crippen molar-refractivity contribution in [2.24, 2.45) is 0 Å². The van der Waals surface area contributed by atoms with Gasteiger partial charge < -0.3 is 10.1 Å².